The minimum absolute atomic E-state index is 0.0297. The number of benzene rings is 3. The molecule has 1 aliphatic rings. The second kappa shape index (κ2) is 18.8. The summed E-state index contributed by atoms with van der Waals surface area (Å²) >= 11 is 12.6. The van der Waals surface area contributed by atoms with Gasteiger partial charge in [0.1, 0.15) is 5.69 Å². The molecule has 0 amide bonds. The first-order valence-corrected chi connectivity index (χ1v) is 21.4. The van der Waals surface area contributed by atoms with Crippen molar-refractivity contribution < 1.29 is 17.9 Å². The molecule has 3 heterocycles. The van der Waals surface area contributed by atoms with Crippen LogP contribution in [0.2, 0.25) is 10.0 Å². The van der Waals surface area contributed by atoms with Crippen LogP contribution in [0.15, 0.2) is 90.7 Å². The Balaban J connectivity index is 1.51. The summed E-state index contributed by atoms with van der Waals surface area (Å²) in [6.45, 7) is 4.99. The van der Waals surface area contributed by atoms with E-state index in [1.165, 1.54) is 32.8 Å². The van der Waals surface area contributed by atoms with E-state index in [2.05, 4.69) is 51.2 Å². The Hall–Kier alpha value is -4.97. The molecule has 292 valence electrons. The first-order chi connectivity index (χ1) is 27.1. The van der Waals surface area contributed by atoms with Gasteiger partial charge in [-0.1, -0.05) is 118 Å². The van der Waals surface area contributed by atoms with Gasteiger partial charge in [0.2, 0.25) is 10.0 Å². The van der Waals surface area contributed by atoms with Crippen molar-refractivity contribution in [3.63, 3.8) is 0 Å². The van der Waals surface area contributed by atoms with Crippen molar-refractivity contribution in [2.45, 2.75) is 65.2 Å². The highest BCUT2D eigenvalue weighted by atomic mass is 35.5. The number of sulfonamides is 1. The molecule has 0 spiro atoms. The van der Waals surface area contributed by atoms with E-state index in [0.29, 0.717) is 55.7 Å². The van der Waals surface area contributed by atoms with Gasteiger partial charge in [-0.3, -0.25) is 4.72 Å². The molecule has 3 aromatic carbocycles. The number of allylic oxidation sites excluding steroid dienone is 2. The zero-order valence-corrected chi connectivity index (χ0v) is 34.2. The van der Waals surface area contributed by atoms with Crippen LogP contribution >= 0.6 is 23.2 Å². The van der Waals surface area contributed by atoms with E-state index < -0.39 is 16.0 Å². The molecule has 10 nitrogen and oxygen atoms in total. The third kappa shape index (κ3) is 9.51. The molecule has 0 unspecified atom stereocenters. The summed E-state index contributed by atoms with van der Waals surface area (Å²) in [5.41, 5.74) is 5.46. The van der Waals surface area contributed by atoms with E-state index in [1.54, 1.807) is 59.1 Å². The van der Waals surface area contributed by atoms with Gasteiger partial charge < -0.3 is 9.64 Å². The Labute approximate surface area is 338 Å². The summed E-state index contributed by atoms with van der Waals surface area (Å²) in [4.78, 5) is 15.8. The molecule has 0 aliphatic carbocycles. The average Bonchev–Trinajstić information content (AvgIpc) is 3.77. The number of para-hydroxylation sites is 1. The van der Waals surface area contributed by atoms with Crippen molar-refractivity contribution >= 4 is 68.4 Å². The van der Waals surface area contributed by atoms with E-state index in [9.17, 15) is 13.2 Å². The third-order valence-electron chi connectivity index (χ3n) is 9.60. The quantitative estimate of drug-likeness (QED) is 0.0561. The second-order valence-corrected chi connectivity index (χ2v) is 16.3. The molecule has 0 radical (unpaired) electrons. The zero-order valence-electron chi connectivity index (χ0n) is 31.8. The van der Waals surface area contributed by atoms with Gasteiger partial charge >= 0.3 is 5.97 Å². The van der Waals surface area contributed by atoms with E-state index in [1.807, 2.05) is 25.1 Å². The van der Waals surface area contributed by atoms with Crippen LogP contribution in [-0.2, 0) is 19.6 Å². The van der Waals surface area contributed by atoms with E-state index >= 15 is 0 Å². The van der Waals surface area contributed by atoms with Crippen LogP contribution in [-0.4, -0.2) is 58.5 Å². The molecule has 5 aromatic rings. The van der Waals surface area contributed by atoms with Gasteiger partial charge in [-0.15, -0.1) is 10.2 Å². The smallest absolute Gasteiger partial charge is 0.337 e. The molecule has 0 atom stereocenters. The molecule has 6 rings (SSSR count). The zero-order chi connectivity index (χ0) is 39.7. The molecule has 1 aliphatic heterocycles. The lowest BCUT2D eigenvalue weighted by Gasteiger charge is -2.28. The number of carbonyl (C=O) groups is 1. The summed E-state index contributed by atoms with van der Waals surface area (Å²) in [7, 11) is -2.34. The number of fused-ring (bicyclic) bond motifs is 2. The number of nitrogens with one attached hydrogen (secondary N) is 1. The van der Waals surface area contributed by atoms with Gasteiger partial charge in [0, 0.05) is 35.1 Å². The minimum Gasteiger partial charge on any atom is -0.465 e. The van der Waals surface area contributed by atoms with Gasteiger partial charge in [0.25, 0.3) is 0 Å². The maximum atomic E-state index is 13.6. The Morgan fingerprint density at radius 1 is 0.875 bits per heavy atom. The fourth-order valence-electron chi connectivity index (χ4n) is 6.62. The SMILES string of the molecule is CCCCCCCCN1C=Cc2ccccc2C1=CC=C(C=c1c(-c2ccccc2NS(=O)(=O)CCCC)nn2c(-c3ccc(Cl)c(Cl)c3)nnc12)C(=O)OC. The minimum atomic E-state index is -3.67. The van der Waals surface area contributed by atoms with Crippen molar-refractivity contribution in [2.24, 2.45) is 0 Å². The van der Waals surface area contributed by atoms with Crippen LogP contribution in [0.25, 0.3) is 46.1 Å². The molecule has 13 heteroatoms. The van der Waals surface area contributed by atoms with Crippen LogP contribution in [0.1, 0.15) is 76.3 Å². The second-order valence-electron chi connectivity index (χ2n) is 13.6. The number of esters is 1. The lowest BCUT2D eigenvalue weighted by molar-refractivity contribution is -0.135. The standard InChI is InChI=1S/C43H46Cl2N6O4S/c1-4-6-8-9-10-15-25-50-26-24-30-16-11-12-17-33(30)39(50)23-21-32(43(52)55-3)28-35-40(34-18-13-14-19-38(34)49-56(53,54)27-7-5-2)48-51-41(46-47-42(35)51)31-20-22-36(44)37(45)29-31/h11-14,16-24,26,28-29,49H,4-10,15,25,27H2,1-3H3. The van der Waals surface area contributed by atoms with Crippen molar-refractivity contribution in [2.75, 3.05) is 24.1 Å². The molecular formula is C43H46Cl2N6O4S. The van der Waals surface area contributed by atoms with Crippen molar-refractivity contribution in [3.8, 4) is 22.6 Å². The van der Waals surface area contributed by atoms with E-state index in [4.69, 9.17) is 33.0 Å². The number of ether oxygens (including phenoxy) is 1. The highest BCUT2D eigenvalue weighted by Gasteiger charge is 2.23. The predicted molar refractivity (Wildman–Crippen MR) is 227 cm³/mol. The lowest BCUT2D eigenvalue weighted by atomic mass is 9.99. The fourth-order valence-corrected chi connectivity index (χ4v) is 8.20. The number of aromatic nitrogens is 4. The van der Waals surface area contributed by atoms with Gasteiger partial charge in [-0.25, -0.2) is 13.2 Å². The van der Waals surface area contributed by atoms with Crippen LogP contribution in [0.3, 0.4) is 0 Å². The first-order valence-electron chi connectivity index (χ1n) is 19.0. The van der Waals surface area contributed by atoms with Gasteiger partial charge in [0.15, 0.2) is 11.5 Å². The number of unbranched alkanes of at least 4 members (excludes halogenated alkanes) is 6. The largest absolute Gasteiger partial charge is 0.465 e. The molecule has 56 heavy (non-hydrogen) atoms. The number of rotatable bonds is 17. The number of halogens is 2. The fraction of sp³-hybridized carbons (Fsp3) is 0.302. The molecule has 0 saturated heterocycles. The van der Waals surface area contributed by atoms with Crippen LogP contribution < -0.4 is 9.94 Å². The van der Waals surface area contributed by atoms with Crippen molar-refractivity contribution in [1.29, 1.82) is 0 Å². The number of hydrogen-bond donors (Lipinski definition) is 1. The third-order valence-corrected chi connectivity index (χ3v) is 11.7. The summed E-state index contributed by atoms with van der Waals surface area (Å²) in [6, 6.07) is 20.3. The van der Waals surface area contributed by atoms with Crippen molar-refractivity contribution in [1.82, 2.24) is 24.7 Å². The summed E-state index contributed by atoms with van der Waals surface area (Å²) in [5, 5.41) is 15.1. The summed E-state index contributed by atoms with van der Waals surface area (Å²) in [6.07, 6.45) is 17.9. The van der Waals surface area contributed by atoms with Crippen LogP contribution in [0, 0.1) is 0 Å². The Morgan fingerprint density at radius 2 is 1.61 bits per heavy atom. The molecular weight excluding hydrogens is 767 g/mol. The molecule has 0 saturated carbocycles. The Bertz CT molecular complexity index is 2460. The van der Waals surface area contributed by atoms with Crippen molar-refractivity contribution in [3.05, 3.63) is 117 Å². The maximum absolute atomic E-state index is 13.6. The van der Waals surface area contributed by atoms with Crippen LogP contribution in [0.5, 0.6) is 0 Å². The maximum Gasteiger partial charge on any atom is 0.337 e. The van der Waals surface area contributed by atoms with Gasteiger partial charge in [-0.05, 0) is 67.0 Å². The highest BCUT2D eigenvalue weighted by Crippen LogP contribution is 2.32. The number of carbonyl (C=O) groups excluding carboxylic acids is 1. The number of nitrogens with zero attached hydrogens (tertiary/aromatic N) is 5. The Morgan fingerprint density at radius 3 is 2.38 bits per heavy atom. The summed E-state index contributed by atoms with van der Waals surface area (Å²) < 4.78 is 35.9. The number of anilines is 1. The van der Waals surface area contributed by atoms with Crippen LogP contribution in [0.4, 0.5) is 5.69 Å². The average molecular weight is 814 g/mol. The van der Waals surface area contributed by atoms with E-state index in [0.717, 1.165) is 42.6 Å². The predicted octanol–water partition coefficient (Wildman–Crippen LogP) is 9.59. The topological polar surface area (TPSA) is 119 Å². The molecule has 1 N–H and O–H groups in total. The number of methoxy groups -OCH3 is 1. The van der Waals surface area contributed by atoms with Gasteiger partial charge in [0.05, 0.1) is 39.4 Å². The summed E-state index contributed by atoms with van der Waals surface area (Å²) in [5.74, 6) is -0.230. The molecule has 0 bridgehead atoms. The normalized spacial score (nSPS) is 14.2. The Kier molecular flexibility index (Phi) is 13.6. The lowest BCUT2D eigenvalue weighted by Crippen LogP contribution is -2.20. The molecule has 2 aromatic heterocycles. The van der Waals surface area contributed by atoms with E-state index in [-0.39, 0.29) is 11.3 Å². The van der Waals surface area contributed by atoms with Gasteiger partial charge in [-0.2, -0.15) is 9.61 Å². The number of hydrogen-bond acceptors (Lipinski definition) is 8. The monoisotopic (exact) mass is 812 g/mol. The highest BCUT2D eigenvalue weighted by molar-refractivity contribution is 7.92. The molecule has 0 fully saturated rings. The first kappa shape index (κ1) is 40.7.